The number of rotatable bonds is 3. The van der Waals surface area contributed by atoms with Crippen LogP contribution in [0.15, 0.2) is 24.3 Å². The van der Waals surface area contributed by atoms with E-state index in [2.05, 4.69) is 5.92 Å². The first-order valence-corrected chi connectivity index (χ1v) is 5.22. The van der Waals surface area contributed by atoms with Crippen molar-refractivity contribution in [2.75, 3.05) is 0 Å². The third-order valence-corrected chi connectivity index (χ3v) is 2.74. The molecule has 0 aliphatic heterocycles. The molecule has 1 aromatic rings. The molecule has 15 heavy (non-hydrogen) atoms. The van der Waals surface area contributed by atoms with Gasteiger partial charge in [0.1, 0.15) is 0 Å². The molecule has 0 bridgehead atoms. The van der Waals surface area contributed by atoms with E-state index in [0.717, 1.165) is 5.56 Å². The molecule has 1 nitrogen and oxygen atoms in total. The first-order chi connectivity index (χ1) is 6.97. The summed E-state index contributed by atoms with van der Waals surface area (Å²) in [6, 6.07) is 7.19. The Labute approximate surface area is 96.1 Å². The van der Waals surface area contributed by atoms with Crippen LogP contribution in [-0.4, -0.2) is 5.11 Å². The molecule has 1 rings (SSSR count). The third kappa shape index (κ3) is 2.99. The molecule has 80 valence electrons. The first-order valence-electron chi connectivity index (χ1n) is 4.84. The van der Waals surface area contributed by atoms with E-state index < -0.39 is 6.10 Å². The number of hydrogen-bond acceptors (Lipinski definition) is 1. The standard InChI is InChI=1S/C13H15ClO/c1-4-9-13(2,3)12(15)10-5-7-11(14)8-6-10/h1,5-8,12,15H,9H2,2-3H3. The molecule has 1 atom stereocenters. The Bertz CT molecular complexity index is 359. The van der Waals surface area contributed by atoms with Gasteiger partial charge in [-0.25, -0.2) is 0 Å². The van der Waals surface area contributed by atoms with Crippen molar-refractivity contribution in [3.05, 3.63) is 34.9 Å². The van der Waals surface area contributed by atoms with E-state index in [4.69, 9.17) is 18.0 Å². The molecule has 1 N–H and O–H groups in total. The second-order valence-electron chi connectivity index (χ2n) is 4.32. The van der Waals surface area contributed by atoms with Crippen molar-refractivity contribution in [1.29, 1.82) is 0 Å². The van der Waals surface area contributed by atoms with Gasteiger partial charge in [0, 0.05) is 16.9 Å². The van der Waals surface area contributed by atoms with Crippen molar-refractivity contribution < 1.29 is 5.11 Å². The molecule has 0 heterocycles. The van der Waals surface area contributed by atoms with Gasteiger partial charge in [-0.05, 0) is 17.7 Å². The van der Waals surface area contributed by atoms with E-state index in [0.29, 0.717) is 11.4 Å². The highest BCUT2D eigenvalue weighted by Crippen LogP contribution is 2.36. The molecule has 0 aliphatic carbocycles. The minimum Gasteiger partial charge on any atom is -0.388 e. The molecule has 0 saturated heterocycles. The zero-order valence-electron chi connectivity index (χ0n) is 9.00. The van der Waals surface area contributed by atoms with E-state index in [9.17, 15) is 5.11 Å². The summed E-state index contributed by atoms with van der Waals surface area (Å²) in [4.78, 5) is 0. The van der Waals surface area contributed by atoms with Crippen LogP contribution < -0.4 is 0 Å². The molecule has 1 aromatic carbocycles. The van der Waals surface area contributed by atoms with Crippen LogP contribution in [0.1, 0.15) is 31.9 Å². The maximum atomic E-state index is 10.1. The Morgan fingerprint density at radius 1 is 1.40 bits per heavy atom. The zero-order chi connectivity index (χ0) is 11.5. The molecular weight excluding hydrogens is 208 g/mol. The largest absolute Gasteiger partial charge is 0.388 e. The molecule has 1 unspecified atom stereocenters. The lowest BCUT2D eigenvalue weighted by Crippen LogP contribution is -2.21. The second-order valence-corrected chi connectivity index (χ2v) is 4.76. The molecule has 0 saturated carbocycles. The lowest BCUT2D eigenvalue weighted by atomic mass is 9.80. The maximum Gasteiger partial charge on any atom is 0.0850 e. The quantitative estimate of drug-likeness (QED) is 0.777. The van der Waals surface area contributed by atoms with E-state index in [1.165, 1.54) is 0 Å². The van der Waals surface area contributed by atoms with Gasteiger partial charge in [-0.3, -0.25) is 0 Å². The van der Waals surface area contributed by atoms with Gasteiger partial charge in [-0.1, -0.05) is 37.6 Å². The highest BCUT2D eigenvalue weighted by atomic mass is 35.5. The van der Waals surface area contributed by atoms with Gasteiger partial charge in [0.15, 0.2) is 0 Å². The normalized spacial score (nSPS) is 13.3. The third-order valence-electron chi connectivity index (χ3n) is 2.48. The summed E-state index contributed by atoms with van der Waals surface area (Å²) in [5.74, 6) is 2.58. The van der Waals surface area contributed by atoms with Gasteiger partial charge < -0.3 is 5.11 Å². The van der Waals surface area contributed by atoms with Crippen LogP contribution in [0, 0.1) is 17.8 Å². The van der Waals surface area contributed by atoms with Crippen molar-refractivity contribution in [1.82, 2.24) is 0 Å². The van der Waals surface area contributed by atoms with Crippen LogP contribution in [0.2, 0.25) is 5.02 Å². The Balaban J connectivity index is 2.89. The van der Waals surface area contributed by atoms with Crippen LogP contribution in [0.5, 0.6) is 0 Å². The van der Waals surface area contributed by atoms with Crippen molar-refractivity contribution in [2.24, 2.45) is 5.41 Å². The number of terminal acetylenes is 1. The summed E-state index contributed by atoms with van der Waals surface area (Å²) < 4.78 is 0. The number of hydrogen-bond donors (Lipinski definition) is 1. The lowest BCUT2D eigenvalue weighted by Gasteiger charge is -2.28. The van der Waals surface area contributed by atoms with Gasteiger partial charge in [0.05, 0.1) is 6.10 Å². The Morgan fingerprint density at radius 3 is 2.40 bits per heavy atom. The fourth-order valence-corrected chi connectivity index (χ4v) is 1.58. The lowest BCUT2D eigenvalue weighted by molar-refractivity contribution is 0.0529. The number of benzene rings is 1. The number of aliphatic hydroxyl groups excluding tert-OH is 1. The summed E-state index contributed by atoms with van der Waals surface area (Å²) in [5.41, 5.74) is 0.530. The SMILES string of the molecule is C#CCC(C)(C)C(O)c1ccc(Cl)cc1. The topological polar surface area (TPSA) is 20.2 Å². The van der Waals surface area contributed by atoms with Gasteiger partial charge in [0.25, 0.3) is 0 Å². The average Bonchev–Trinajstić information content (AvgIpc) is 2.18. The molecule has 2 heteroatoms. The van der Waals surface area contributed by atoms with E-state index in [-0.39, 0.29) is 5.41 Å². The minimum absolute atomic E-state index is 0.317. The predicted molar refractivity (Wildman–Crippen MR) is 63.6 cm³/mol. The fraction of sp³-hybridized carbons (Fsp3) is 0.385. The van der Waals surface area contributed by atoms with Crippen LogP contribution in [-0.2, 0) is 0 Å². The average molecular weight is 223 g/mol. The Hall–Kier alpha value is -0.970. The van der Waals surface area contributed by atoms with Crippen molar-refractivity contribution in [3.8, 4) is 12.3 Å². The van der Waals surface area contributed by atoms with E-state index >= 15 is 0 Å². The van der Waals surface area contributed by atoms with Crippen LogP contribution in [0.3, 0.4) is 0 Å². The summed E-state index contributed by atoms with van der Waals surface area (Å²) in [6.45, 7) is 3.90. The summed E-state index contributed by atoms with van der Waals surface area (Å²) >= 11 is 5.78. The Kier molecular flexibility index (Phi) is 3.79. The minimum atomic E-state index is -0.564. The molecule has 0 fully saturated rings. The van der Waals surface area contributed by atoms with Crippen LogP contribution in [0.25, 0.3) is 0 Å². The monoisotopic (exact) mass is 222 g/mol. The summed E-state index contributed by atoms with van der Waals surface area (Å²) in [5, 5.41) is 10.8. The maximum absolute atomic E-state index is 10.1. The second kappa shape index (κ2) is 4.70. The van der Waals surface area contributed by atoms with Crippen molar-refractivity contribution in [3.63, 3.8) is 0 Å². The highest BCUT2D eigenvalue weighted by Gasteiger charge is 2.28. The zero-order valence-corrected chi connectivity index (χ0v) is 9.75. The van der Waals surface area contributed by atoms with Gasteiger partial charge in [0.2, 0.25) is 0 Å². The highest BCUT2D eigenvalue weighted by molar-refractivity contribution is 6.30. The summed E-state index contributed by atoms with van der Waals surface area (Å²) in [6.07, 6.45) is 5.25. The van der Waals surface area contributed by atoms with E-state index in [1.54, 1.807) is 12.1 Å². The van der Waals surface area contributed by atoms with Gasteiger partial charge >= 0.3 is 0 Å². The van der Waals surface area contributed by atoms with E-state index in [1.807, 2.05) is 26.0 Å². The van der Waals surface area contributed by atoms with Crippen molar-refractivity contribution in [2.45, 2.75) is 26.4 Å². The molecule has 0 aliphatic rings. The molecule has 0 aromatic heterocycles. The molecule has 0 amide bonds. The predicted octanol–water partition coefficient (Wildman–Crippen LogP) is 3.42. The molecular formula is C13H15ClO. The molecule has 0 radical (unpaired) electrons. The number of aliphatic hydroxyl groups is 1. The van der Waals surface area contributed by atoms with Gasteiger partial charge in [-0.15, -0.1) is 12.3 Å². The summed E-state index contributed by atoms with van der Waals surface area (Å²) in [7, 11) is 0. The van der Waals surface area contributed by atoms with Crippen LogP contribution in [0.4, 0.5) is 0 Å². The number of halogens is 1. The smallest absolute Gasteiger partial charge is 0.0850 e. The van der Waals surface area contributed by atoms with Crippen LogP contribution >= 0.6 is 11.6 Å². The van der Waals surface area contributed by atoms with Gasteiger partial charge in [-0.2, -0.15) is 0 Å². The first kappa shape index (κ1) is 12.1. The fourth-order valence-electron chi connectivity index (χ4n) is 1.46. The van der Waals surface area contributed by atoms with Crippen molar-refractivity contribution >= 4 is 11.6 Å². The molecule has 0 spiro atoms. The Morgan fingerprint density at radius 2 is 1.93 bits per heavy atom.